The van der Waals surface area contributed by atoms with E-state index in [0.29, 0.717) is 11.3 Å². The molecule has 0 unspecified atom stereocenters. The molecule has 0 spiro atoms. The molecule has 0 radical (unpaired) electrons. The summed E-state index contributed by atoms with van der Waals surface area (Å²) in [6.45, 7) is 0. The Morgan fingerprint density at radius 1 is 0.919 bits per heavy atom. The molecular weight excluding hydrogens is 469 g/mol. The predicted molar refractivity (Wildman–Crippen MR) is 138 cm³/mol. The molecule has 0 bridgehead atoms. The third-order valence-corrected chi connectivity index (χ3v) is 6.60. The van der Waals surface area contributed by atoms with Gasteiger partial charge < -0.3 is 10.2 Å². The molecule has 6 rings (SSSR count). The molecule has 0 aliphatic carbocycles. The van der Waals surface area contributed by atoms with Gasteiger partial charge in [-0.2, -0.15) is 5.10 Å². The number of hydrogen-bond donors (Lipinski definition) is 1. The standard InChI is InChI=1S/C29H22FN5O2/c30-22-8-10-23(11-9-22)35-26-13-12-24(15-21(26)18-32-35)34-27(36)16-25(28(34)19-5-2-1-3-6-19)33-29(37)20-7-4-14-31-17-20/h1-15,17-18,25,28H,16H2,(H,33,37)/t25-,28+/m0/s1. The van der Waals surface area contributed by atoms with Crippen LogP contribution in [0.25, 0.3) is 16.6 Å². The van der Waals surface area contributed by atoms with Crippen LogP contribution in [0.5, 0.6) is 0 Å². The van der Waals surface area contributed by atoms with Crippen molar-refractivity contribution in [3.8, 4) is 5.69 Å². The van der Waals surface area contributed by atoms with E-state index in [1.54, 1.807) is 46.2 Å². The smallest absolute Gasteiger partial charge is 0.253 e. The fourth-order valence-electron chi connectivity index (χ4n) is 4.91. The lowest BCUT2D eigenvalue weighted by Crippen LogP contribution is -2.40. The zero-order valence-electron chi connectivity index (χ0n) is 19.7. The van der Waals surface area contributed by atoms with Crippen LogP contribution >= 0.6 is 0 Å². The number of hydrogen-bond acceptors (Lipinski definition) is 4. The van der Waals surface area contributed by atoms with Crippen molar-refractivity contribution in [2.24, 2.45) is 0 Å². The van der Waals surface area contributed by atoms with Crippen molar-refractivity contribution in [1.82, 2.24) is 20.1 Å². The van der Waals surface area contributed by atoms with Crippen LogP contribution in [0.15, 0.2) is 104 Å². The number of nitrogens with zero attached hydrogens (tertiary/aromatic N) is 4. The van der Waals surface area contributed by atoms with Gasteiger partial charge in [-0.1, -0.05) is 30.3 Å². The summed E-state index contributed by atoms with van der Waals surface area (Å²) >= 11 is 0. The number of carbonyl (C=O) groups excluding carboxylic acids is 2. The van der Waals surface area contributed by atoms with E-state index in [4.69, 9.17) is 0 Å². The average molecular weight is 492 g/mol. The van der Waals surface area contributed by atoms with Gasteiger partial charge in [0.1, 0.15) is 5.82 Å². The van der Waals surface area contributed by atoms with Crippen molar-refractivity contribution in [2.45, 2.75) is 18.5 Å². The lowest BCUT2D eigenvalue weighted by molar-refractivity contribution is -0.117. The molecule has 1 saturated heterocycles. The molecule has 5 aromatic rings. The highest BCUT2D eigenvalue weighted by molar-refractivity contribution is 6.01. The molecule has 0 saturated carbocycles. The van der Waals surface area contributed by atoms with E-state index in [1.165, 1.54) is 18.3 Å². The first-order valence-electron chi connectivity index (χ1n) is 11.9. The summed E-state index contributed by atoms with van der Waals surface area (Å²) in [5.41, 5.74) is 3.64. The summed E-state index contributed by atoms with van der Waals surface area (Å²) in [5, 5.41) is 8.36. The number of amides is 2. The van der Waals surface area contributed by atoms with Gasteiger partial charge in [-0.25, -0.2) is 9.07 Å². The normalized spacial score (nSPS) is 17.3. The molecule has 1 aliphatic heterocycles. The van der Waals surface area contributed by atoms with Crippen molar-refractivity contribution >= 4 is 28.4 Å². The van der Waals surface area contributed by atoms with E-state index in [0.717, 1.165) is 22.2 Å². The molecule has 1 fully saturated rings. The minimum absolute atomic E-state index is 0.0874. The Hall–Kier alpha value is -4.85. The number of rotatable bonds is 5. The number of anilines is 1. The maximum absolute atomic E-state index is 13.4. The summed E-state index contributed by atoms with van der Waals surface area (Å²) in [4.78, 5) is 32.1. The van der Waals surface area contributed by atoms with E-state index in [1.807, 2.05) is 48.5 Å². The van der Waals surface area contributed by atoms with Gasteiger partial charge in [0.25, 0.3) is 5.91 Å². The van der Waals surface area contributed by atoms with Gasteiger partial charge in [0.05, 0.1) is 35.0 Å². The van der Waals surface area contributed by atoms with E-state index >= 15 is 0 Å². The van der Waals surface area contributed by atoms with Crippen molar-refractivity contribution in [1.29, 1.82) is 0 Å². The summed E-state index contributed by atoms with van der Waals surface area (Å²) in [5.74, 6) is -0.674. The van der Waals surface area contributed by atoms with Crippen molar-refractivity contribution in [3.05, 3.63) is 120 Å². The second kappa shape index (κ2) is 9.31. The summed E-state index contributed by atoms with van der Waals surface area (Å²) in [7, 11) is 0. The Morgan fingerprint density at radius 3 is 2.46 bits per heavy atom. The predicted octanol–water partition coefficient (Wildman–Crippen LogP) is 4.84. The van der Waals surface area contributed by atoms with E-state index in [2.05, 4.69) is 15.4 Å². The van der Waals surface area contributed by atoms with Crippen molar-refractivity contribution < 1.29 is 14.0 Å². The number of carbonyl (C=O) groups is 2. The summed E-state index contributed by atoms with van der Waals surface area (Å²) < 4.78 is 15.1. The minimum Gasteiger partial charge on any atom is -0.346 e. The molecule has 1 N–H and O–H groups in total. The van der Waals surface area contributed by atoms with Gasteiger partial charge in [0, 0.05) is 29.9 Å². The quantitative estimate of drug-likeness (QED) is 0.382. The van der Waals surface area contributed by atoms with Gasteiger partial charge in [-0.05, 0) is 60.2 Å². The Morgan fingerprint density at radius 2 is 1.70 bits per heavy atom. The van der Waals surface area contributed by atoms with Gasteiger partial charge >= 0.3 is 0 Å². The van der Waals surface area contributed by atoms with Crippen LogP contribution in [0.3, 0.4) is 0 Å². The maximum Gasteiger partial charge on any atom is 0.253 e. The molecule has 1 aliphatic rings. The molecular formula is C29H22FN5O2. The highest BCUT2D eigenvalue weighted by Crippen LogP contribution is 2.38. The van der Waals surface area contributed by atoms with Crippen LogP contribution < -0.4 is 10.2 Å². The largest absolute Gasteiger partial charge is 0.346 e. The molecule has 2 aromatic heterocycles. The third kappa shape index (κ3) is 4.23. The Labute approximate surface area is 212 Å². The highest BCUT2D eigenvalue weighted by atomic mass is 19.1. The number of halogens is 1. The molecule has 8 heteroatoms. The Kier molecular flexibility index (Phi) is 5.69. The van der Waals surface area contributed by atoms with Crippen LogP contribution in [-0.2, 0) is 4.79 Å². The molecule has 2 amide bonds. The monoisotopic (exact) mass is 491 g/mol. The van der Waals surface area contributed by atoms with E-state index in [9.17, 15) is 14.0 Å². The van der Waals surface area contributed by atoms with E-state index < -0.39 is 6.04 Å². The van der Waals surface area contributed by atoms with Gasteiger partial charge in [-0.15, -0.1) is 0 Å². The molecule has 2 atom stereocenters. The van der Waals surface area contributed by atoms with Crippen LogP contribution in [0.4, 0.5) is 10.1 Å². The van der Waals surface area contributed by atoms with Crippen molar-refractivity contribution in [3.63, 3.8) is 0 Å². The van der Waals surface area contributed by atoms with Crippen LogP contribution in [0.2, 0.25) is 0 Å². The van der Waals surface area contributed by atoms with Gasteiger partial charge in [-0.3, -0.25) is 14.6 Å². The number of fused-ring (bicyclic) bond motifs is 1. The zero-order valence-corrected chi connectivity index (χ0v) is 19.7. The maximum atomic E-state index is 13.4. The second-order valence-corrected chi connectivity index (χ2v) is 8.92. The number of nitrogens with one attached hydrogen (secondary N) is 1. The number of aromatic nitrogens is 3. The van der Waals surface area contributed by atoms with Crippen LogP contribution in [0.1, 0.15) is 28.4 Å². The molecule has 37 heavy (non-hydrogen) atoms. The number of pyridine rings is 1. The average Bonchev–Trinajstić information content (AvgIpc) is 3.50. The first-order valence-corrected chi connectivity index (χ1v) is 11.9. The van der Waals surface area contributed by atoms with E-state index in [-0.39, 0.29) is 30.1 Å². The van der Waals surface area contributed by atoms with Crippen LogP contribution in [-0.4, -0.2) is 32.6 Å². The minimum atomic E-state index is -0.430. The molecule has 182 valence electrons. The lowest BCUT2D eigenvalue weighted by atomic mass is 9.99. The van der Waals surface area contributed by atoms with Crippen molar-refractivity contribution in [2.75, 3.05) is 4.90 Å². The van der Waals surface area contributed by atoms with Crippen LogP contribution in [0, 0.1) is 5.82 Å². The Balaban J connectivity index is 1.36. The molecule has 3 heterocycles. The molecule has 3 aromatic carbocycles. The fourth-order valence-corrected chi connectivity index (χ4v) is 4.91. The second-order valence-electron chi connectivity index (χ2n) is 8.92. The first kappa shape index (κ1) is 22.6. The third-order valence-electron chi connectivity index (χ3n) is 6.60. The van der Waals surface area contributed by atoms with Gasteiger partial charge in [0.2, 0.25) is 5.91 Å². The topological polar surface area (TPSA) is 80.1 Å². The molecule has 7 nitrogen and oxygen atoms in total. The fraction of sp³-hybridized carbons (Fsp3) is 0.103. The number of benzene rings is 3. The van der Waals surface area contributed by atoms with Gasteiger partial charge in [0.15, 0.2) is 0 Å². The summed E-state index contributed by atoms with van der Waals surface area (Å²) in [6, 6.07) is 24.1. The Bertz CT molecular complexity index is 1590. The highest BCUT2D eigenvalue weighted by Gasteiger charge is 2.42. The lowest BCUT2D eigenvalue weighted by Gasteiger charge is -2.29. The SMILES string of the molecule is O=C(N[C@H]1CC(=O)N(c2ccc3c(cnn3-c3ccc(F)cc3)c2)[C@@H]1c1ccccc1)c1cccnc1. The summed E-state index contributed by atoms with van der Waals surface area (Å²) in [6.07, 6.45) is 5.01. The first-order chi connectivity index (χ1) is 18.1. The zero-order chi connectivity index (χ0) is 25.4.